The average Bonchev–Trinajstić information content (AvgIpc) is 3.32. The number of esters is 1. The van der Waals surface area contributed by atoms with Gasteiger partial charge in [-0.2, -0.15) is 0 Å². The third-order valence-corrected chi connectivity index (χ3v) is 15.5. The van der Waals surface area contributed by atoms with Crippen LogP contribution in [0, 0.1) is 0 Å². The van der Waals surface area contributed by atoms with Crippen LogP contribution in [0.1, 0.15) is 26.3 Å². The number of ether oxygens (including phenoxy) is 3. The van der Waals surface area contributed by atoms with E-state index < -0.39 is 65.0 Å². The maximum Gasteiger partial charge on any atom is 0.339 e. The van der Waals surface area contributed by atoms with Crippen LogP contribution in [0.3, 0.4) is 0 Å². The molecule has 61 heavy (non-hydrogen) atoms. The Bertz CT molecular complexity index is 2420. The minimum absolute atomic E-state index is 0.0813. The fourth-order valence-corrected chi connectivity index (χ4v) is 12.4. The summed E-state index contributed by atoms with van der Waals surface area (Å²) in [7, 11) is -2.39. The zero-order valence-corrected chi connectivity index (χ0v) is 35.0. The van der Waals surface area contributed by atoms with Crippen molar-refractivity contribution in [2.45, 2.75) is 37.3 Å². The first-order valence-electron chi connectivity index (χ1n) is 20.1. The lowest BCUT2D eigenvalue weighted by Crippen LogP contribution is -2.66. The van der Waals surface area contributed by atoms with Crippen molar-refractivity contribution in [2.24, 2.45) is 0 Å². The van der Waals surface area contributed by atoms with Crippen LogP contribution < -0.4 is 37.1 Å². The van der Waals surface area contributed by atoms with Gasteiger partial charge in [-0.1, -0.05) is 188 Å². The van der Waals surface area contributed by atoms with E-state index in [0.717, 1.165) is 37.4 Å². The Kier molecular flexibility index (Phi) is 13.8. The van der Waals surface area contributed by atoms with E-state index in [2.05, 4.69) is 53.8 Å². The topological polar surface area (TPSA) is 114 Å². The molecule has 0 aliphatic carbocycles. The monoisotopic (exact) mass is 845 g/mol. The molecule has 0 aromatic heterocycles. The smallest absolute Gasteiger partial charge is 0.339 e. The van der Waals surface area contributed by atoms with Crippen molar-refractivity contribution in [1.29, 1.82) is 0 Å². The molecule has 5 atom stereocenters. The van der Waals surface area contributed by atoms with E-state index in [1.54, 1.807) is 18.2 Å². The van der Waals surface area contributed by atoms with E-state index in [4.69, 9.17) is 14.2 Å². The molecule has 0 saturated carbocycles. The largest absolute Gasteiger partial charge is 0.453 e. The maximum absolute atomic E-state index is 14.9. The van der Waals surface area contributed by atoms with Gasteiger partial charge in [0, 0.05) is 5.56 Å². The highest BCUT2D eigenvalue weighted by Gasteiger charge is 2.49. The Labute approximate surface area is 358 Å². The lowest BCUT2D eigenvalue weighted by molar-refractivity contribution is -0.272. The molecule has 8 nitrogen and oxygen atoms in total. The number of aliphatic hydroxyl groups excluding tert-OH is 2. The molecular formula is C51H45NO7P2. The summed E-state index contributed by atoms with van der Waals surface area (Å²) in [4.78, 5) is 29.6. The van der Waals surface area contributed by atoms with Crippen LogP contribution in [0.15, 0.2) is 200 Å². The van der Waals surface area contributed by atoms with E-state index in [1.165, 1.54) is 0 Å². The van der Waals surface area contributed by atoms with Gasteiger partial charge in [0.2, 0.25) is 0 Å². The van der Waals surface area contributed by atoms with Crippen LogP contribution >= 0.6 is 15.8 Å². The van der Waals surface area contributed by atoms with Gasteiger partial charge in [-0.15, -0.1) is 0 Å². The standard InChI is InChI=1S/C51H45NO7P2/c53-34-43-47(54)48(59-50(56)42-31-17-19-33-45(42)61(39-26-12-4-13-27-39)40-28-14-5-15-29-40)46(51(58-43)57-35-36-20-6-1-7-21-36)52-49(55)41-30-16-18-32-44(41)60(37-22-8-2-9-23-37)38-24-10-3-11-25-38/h1-33,43,46-48,51,53-54H,34-35H2,(H,52,55)/t43-,46-,47-,48-,51+/m1/s1. The molecule has 1 heterocycles. The van der Waals surface area contributed by atoms with Crippen molar-refractivity contribution < 1.29 is 34.0 Å². The Morgan fingerprint density at radius 1 is 0.557 bits per heavy atom. The molecule has 10 heteroatoms. The first-order chi connectivity index (χ1) is 30.0. The van der Waals surface area contributed by atoms with Gasteiger partial charge < -0.3 is 29.7 Å². The summed E-state index contributed by atoms with van der Waals surface area (Å²) in [6.45, 7) is -0.510. The Balaban J connectivity index is 1.17. The highest BCUT2D eigenvalue weighted by molar-refractivity contribution is 7.80. The highest BCUT2D eigenvalue weighted by Crippen LogP contribution is 2.36. The van der Waals surface area contributed by atoms with E-state index in [1.807, 2.05) is 133 Å². The first-order valence-corrected chi connectivity index (χ1v) is 22.8. The molecule has 8 rings (SSSR count). The highest BCUT2D eigenvalue weighted by atomic mass is 31.1. The molecule has 3 N–H and O–H groups in total. The van der Waals surface area contributed by atoms with Crippen molar-refractivity contribution in [3.8, 4) is 0 Å². The van der Waals surface area contributed by atoms with E-state index in [-0.39, 0.29) is 6.61 Å². The number of carbonyl (C=O) groups excluding carboxylic acids is 2. The Hall–Kier alpha value is -5.82. The van der Waals surface area contributed by atoms with Crippen LogP contribution in [0.25, 0.3) is 0 Å². The molecule has 0 bridgehead atoms. The molecule has 1 saturated heterocycles. The van der Waals surface area contributed by atoms with Gasteiger partial charge >= 0.3 is 5.97 Å². The zero-order valence-electron chi connectivity index (χ0n) is 33.2. The second-order valence-corrected chi connectivity index (χ2v) is 18.8. The second-order valence-electron chi connectivity index (χ2n) is 14.4. The van der Waals surface area contributed by atoms with E-state index in [9.17, 15) is 19.8 Å². The number of carbonyl (C=O) groups is 2. The van der Waals surface area contributed by atoms with Gasteiger partial charge in [0.15, 0.2) is 12.4 Å². The van der Waals surface area contributed by atoms with Crippen molar-refractivity contribution in [2.75, 3.05) is 6.61 Å². The molecule has 7 aromatic rings. The van der Waals surface area contributed by atoms with Crippen molar-refractivity contribution >= 4 is 59.5 Å². The van der Waals surface area contributed by atoms with Gasteiger partial charge in [-0.25, -0.2) is 4.79 Å². The third-order valence-electron chi connectivity index (χ3n) is 10.5. The first kappa shape index (κ1) is 41.9. The number of rotatable bonds is 14. The molecule has 0 unspecified atom stereocenters. The zero-order chi connectivity index (χ0) is 42.0. The fourth-order valence-electron chi connectivity index (χ4n) is 7.54. The SMILES string of the molecule is O=C(N[C@H]1[C@@H](OCc2ccccc2)O[C@H](CO)[C@@H](O)[C@@H]1OC(=O)c1ccccc1P(c1ccccc1)c1ccccc1)c1ccccc1P(c1ccccc1)c1ccccc1. The summed E-state index contributed by atoms with van der Waals surface area (Å²) >= 11 is 0. The molecule has 1 aliphatic rings. The van der Waals surface area contributed by atoms with Gasteiger partial charge in [0.05, 0.1) is 18.8 Å². The summed E-state index contributed by atoms with van der Waals surface area (Å²) in [5.41, 5.74) is 1.56. The number of hydrogen-bond donors (Lipinski definition) is 3. The molecule has 0 spiro atoms. The normalized spacial score (nSPS) is 18.7. The lowest BCUT2D eigenvalue weighted by Gasteiger charge is -2.44. The van der Waals surface area contributed by atoms with Crippen molar-refractivity contribution in [1.82, 2.24) is 5.32 Å². The summed E-state index contributed by atoms with van der Waals surface area (Å²) in [6.07, 6.45) is -5.36. The van der Waals surface area contributed by atoms with Crippen LogP contribution in [-0.2, 0) is 20.8 Å². The number of aliphatic hydroxyl groups is 2. The molecule has 306 valence electrons. The summed E-state index contributed by atoms with van der Waals surface area (Å²) in [5, 5.41) is 31.3. The van der Waals surface area contributed by atoms with Gasteiger partial charge in [-0.05, 0) is 65.4 Å². The number of nitrogens with one attached hydrogen (secondary N) is 1. The number of amides is 1. The maximum atomic E-state index is 14.9. The quantitative estimate of drug-likeness (QED) is 0.0935. The second kappa shape index (κ2) is 20.2. The van der Waals surface area contributed by atoms with Crippen LogP contribution in [-0.4, -0.2) is 59.3 Å². The molecular weight excluding hydrogens is 801 g/mol. The molecule has 1 fully saturated rings. The molecule has 0 radical (unpaired) electrons. The third kappa shape index (κ3) is 9.72. The predicted octanol–water partition coefficient (Wildman–Crippen LogP) is 5.82. The minimum atomic E-state index is -1.53. The van der Waals surface area contributed by atoms with E-state index in [0.29, 0.717) is 11.1 Å². The van der Waals surface area contributed by atoms with Gasteiger partial charge in [-0.3, -0.25) is 4.79 Å². The van der Waals surface area contributed by atoms with Crippen LogP contribution in [0.2, 0.25) is 0 Å². The summed E-state index contributed by atoms with van der Waals surface area (Å²) in [5.74, 6) is -1.17. The van der Waals surface area contributed by atoms with Crippen LogP contribution in [0.4, 0.5) is 0 Å². The number of benzene rings is 7. The van der Waals surface area contributed by atoms with Crippen molar-refractivity contribution in [3.05, 3.63) is 217 Å². The molecule has 1 aliphatic heterocycles. The Morgan fingerprint density at radius 3 is 1.44 bits per heavy atom. The lowest BCUT2D eigenvalue weighted by atomic mass is 9.96. The molecule has 7 aromatic carbocycles. The van der Waals surface area contributed by atoms with E-state index >= 15 is 0 Å². The average molecular weight is 846 g/mol. The molecule has 1 amide bonds. The Morgan fingerprint density at radius 2 is 0.967 bits per heavy atom. The fraction of sp³-hybridized carbons (Fsp3) is 0.137. The van der Waals surface area contributed by atoms with Crippen LogP contribution in [0.5, 0.6) is 0 Å². The minimum Gasteiger partial charge on any atom is -0.453 e. The number of hydrogen-bond acceptors (Lipinski definition) is 7. The van der Waals surface area contributed by atoms with Gasteiger partial charge in [0.1, 0.15) is 18.2 Å². The summed E-state index contributed by atoms with van der Waals surface area (Å²) in [6, 6.07) is 63.2. The van der Waals surface area contributed by atoms with Crippen molar-refractivity contribution in [3.63, 3.8) is 0 Å². The predicted molar refractivity (Wildman–Crippen MR) is 244 cm³/mol. The summed E-state index contributed by atoms with van der Waals surface area (Å²) < 4.78 is 18.9. The van der Waals surface area contributed by atoms with Gasteiger partial charge in [0.25, 0.3) is 5.91 Å².